The summed E-state index contributed by atoms with van der Waals surface area (Å²) in [5.74, 6) is 0.874. The van der Waals surface area contributed by atoms with Crippen molar-refractivity contribution in [3.05, 3.63) is 75.3 Å². The molecule has 0 N–H and O–H groups in total. The Morgan fingerprint density at radius 2 is 1.91 bits per heavy atom. The Labute approximate surface area is 196 Å². The summed E-state index contributed by atoms with van der Waals surface area (Å²) in [5, 5.41) is 3.47. The van der Waals surface area contributed by atoms with Gasteiger partial charge in [-0.25, -0.2) is 9.79 Å². The van der Waals surface area contributed by atoms with E-state index in [1.165, 1.54) is 11.8 Å². The Balaban J connectivity index is 1.90. The number of fused-ring (bicyclic) bond motifs is 1. The third kappa shape index (κ3) is 3.98. The third-order valence-electron chi connectivity index (χ3n) is 5.30. The maximum atomic E-state index is 13.1. The average Bonchev–Trinajstić information content (AvgIpc) is 3.21. The quantitative estimate of drug-likeness (QED) is 0.508. The minimum Gasteiger partial charge on any atom is -0.497 e. The maximum Gasteiger partial charge on any atom is 0.338 e. The van der Waals surface area contributed by atoms with Crippen LogP contribution in [0.25, 0.3) is 5.70 Å². The predicted octanol–water partition coefficient (Wildman–Crippen LogP) is 5.65. The molecule has 0 radical (unpaired) electrons. The zero-order valence-corrected chi connectivity index (χ0v) is 19.8. The number of ether oxygens (including phenoxy) is 3. The molecule has 32 heavy (non-hydrogen) atoms. The van der Waals surface area contributed by atoms with Crippen molar-refractivity contribution < 1.29 is 19.0 Å². The van der Waals surface area contributed by atoms with Gasteiger partial charge in [-0.1, -0.05) is 35.5 Å². The highest BCUT2D eigenvalue weighted by Crippen LogP contribution is 2.49. The van der Waals surface area contributed by atoms with Gasteiger partial charge in [0.05, 0.1) is 43.8 Å². The molecule has 0 saturated heterocycles. The summed E-state index contributed by atoms with van der Waals surface area (Å²) in [7, 11) is 3.21. The molecule has 0 saturated carbocycles. The third-order valence-corrected chi connectivity index (χ3v) is 6.39. The Kier molecular flexibility index (Phi) is 6.48. The molecular formula is C24H23ClN2O4S. The highest BCUT2D eigenvalue weighted by atomic mass is 35.5. The van der Waals surface area contributed by atoms with Crippen LogP contribution >= 0.6 is 23.4 Å². The second kappa shape index (κ2) is 9.30. The molecule has 0 fully saturated rings. The molecule has 1 atom stereocenters. The molecule has 2 aliphatic heterocycles. The van der Waals surface area contributed by atoms with Crippen LogP contribution in [0.4, 0.5) is 0 Å². The van der Waals surface area contributed by atoms with E-state index in [1.807, 2.05) is 54.8 Å². The number of hydrogen-bond acceptors (Lipinski definition) is 7. The molecule has 2 heterocycles. The average molecular weight is 471 g/mol. The molecule has 2 aromatic carbocycles. The number of amidine groups is 1. The van der Waals surface area contributed by atoms with E-state index < -0.39 is 12.0 Å². The van der Waals surface area contributed by atoms with Gasteiger partial charge in [0.25, 0.3) is 0 Å². The molecule has 0 unspecified atom stereocenters. The number of methoxy groups -OCH3 is 2. The first-order valence-electron chi connectivity index (χ1n) is 10.1. The van der Waals surface area contributed by atoms with E-state index in [2.05, 4.69) is 4.90 Å². The summed E-state index contributed by atoms with van der Waals surface area (Å²) in [5.41, 5.74) is 3.79. The van der Waals surface area contributed by atoms with Gasteiger partial charge in [0.2, 0.25) is 0 Å². The number of esters is 1. The maximum absolute atomic E-state index is 13.1. The van der Waals surface area contributed by atoms with Crippen LogP contribution in [0.15, 0.2) is 64.1 Å². The van der Waals surface area contributed by atoms with Crippen LogP contribution in [0.2, 0.25) is 5.02 Å². The number of halogens is 1. The Bertz CT molecular complexity index is 1140. The largest absolute Gasteiger partial charge is 0.497 e. The van der Waals surface area contributed by atoms with Crippen LogP contribution in [-0.2, 0) is 9.53 Å². The molecule has 2 aromatic rings. The first kappa shape index (κ1) is 22.3. The fourth-order valence-electron chi connectivity index (χ4n) is 3.82. The summed E-state index contributed by atoms with van der Waals surface area (Å²) in [6.07, 6.45) is 0. The highest BCUT2D eigenvalue weighted by Gasteiger charge is 2.42. The first-order chi connectivity index (χ1) is 15.5. The van der Waals surface area contributed by atoms with Crippen molar-refractivity contribution >= 4 is 40.2 Å². The van der Waals surface area contributed by atoms with Crippen molar-refractivity contribution in [2.75, 3.05) is 20.8 Å². The van der Waals surface area contributed by atoms with Crippen molar-refractivity contribution in [1.82, 2.24) is 4.90 Å². The standard InChI is InChI=1S/C24H23ClN2O4S/c1-5-31-23(28)21-14(2)26-24-27(19(13-32-24)15-6-8-16(25)9-7-15)22(21)18-11-10-17(29-3)12-20(18)30-4/h6-13,22H,5H2,1-4H3/t22-/m0/s1. The van der Waals surface area contributed by atoms with E-state index in [9.17, 15) is 4.79 Å². The molecule has 0 aliphatic carbocycles. The number of benzene rings is 2. The van der Waals surface area contributed by atoms with Crippen molar-refractivity contribution in [2.24, 2.45) is 4.99 Å². The lowest BCUT2D eigenvalue weighted by Crippen LogP contribution is -2.36. The summed E-state index contributed by atoms with van der Waals surface area (Å²) >= 11 is 7.62. The number of rotatable bonds is 6. The molecule has 8 heteroatoms. The van der Waals surface area contributed by atoms with E-state index in [0.717, 1.165) is 22.0 Å². The van der Waals surface area contributed by atoms with Gasteiger partial charge >= 0.3 is 5.97 Å². The molecular weight excluding hydrogens is 448 g/mol. The second-order valence-corrected chi connectivity index (χ2v) is 8.40. The summed E-state index contributed by atoms with van der Waals surface area (Å²) < 4.78 is 16.5. The number of aliphatic imine (C=N–C) groups is 1. The lowest BCUT2D eigenvalue weighted by atomic mass is 9.92. The van der Waals surface area contributed by atoms with Gasteiger partial charge < -0.3 is 19.1 Å². The Hall–Kier alpha value is -2.90. The van der Waals surface area contributed by atoms with Crippen LogP contribution in [-0.4, -0.2) is 36.9 Å². The van der Waals surface area contributed by atoms with Gasteiger partial charge in [0.1, 0.15) is 11.5 Å². The number of allylic oxidation sites excluding steroid dienone is 1. The molecule has 2 aliphatic rings. The number of carbonyl (C=O) groups is 1. The van der Waals surface area contributed by atoms with Crippen molar-refractivity contribution in [3.63, 3.8) is 0 Å². The SMILES string of the molecule is CCOC(=O)C1=C(C)N=C2SC=C(c3ccc(Cl)cc3)N2[C@H]1c1ccc(OC)cc1OC. The van der Waals surface area contributed by atoms with Gasteiger partial charge in [0, 0.05) is 22.1 Å². The monoisotopic (exact) mass is 470 g/mol. The van der Waals surface area contributed by atoms with Gasteiger partial charge in [-0.05, 0) is 43.7 Å². The van der Waals surface area contributed by atoms with E-state index in [0.29, 0.717) is 27.8 Å². The molecule has 166 valence electrons. The summed E-state index contributed by atoms with van der Waals surface area (Å²) in [6, 6.07) is 12.7. The van der Waals surface area contributed by atoms with Crippen LogP contribution < -0.4 is 9.47 Å². The van der Waals surface area contributed by atoms with Gasteiger partial charge in [-0.15, -0.1) is 0 Å². The molecule has 0 spiro atoms. The number of thioether (sulfide) groups is 1. The molecule has 0 bridgehead atoms. The lowest BCUT2D eigenvalue weighted by Gasteiger charge is -2.37. The minimum atomic E-state index is -0.487. The van der Waals surface area contributed by atoms with Crippen molar-refractivity contribution in [3.8, 4) is 11.5 Å². The van der Waals surface area contributed by atoms with E-state index >= 15 is 0 Å². The minimum absolute atomic E-state index is 0.271. The second-order valence-electron chi connectivity index (χ2n) is 7.12. The predicted molar refractivity (Wildman–Crippen MR) is 128 cm³/mol. The Morgan fingerprint density at radius 1 is 1.16 bits per heavy atom. The lowest BCUT2D eigenvalue weighted by molar-refractivity contribution is -0.139. The summed E-state index contributed by atoms with van der Waals surface area (Å²) in [4.78, 5) is 19.9. The number of carbonyl (C=O) groups excluding carboxylic acids is 1. The van der Waals surface area contributed by atoms with Gasteiger partial charge in [0.15, 0.2) is 5.17 Å². The highest BCUT2D eigenvalue weighted by molar-refractivity contribution is 8.16. The molecule has 6 nitrogen and oxygen atoms in total. The van der Waals surface area contributed by atoms with E-state index in [-0.39, 0.29) is 6.61 Å². The van der Waals surface area contributed by atoms with Crippen LogP contribution in [0.3, 0.4) is 0 Å². The Morgan fingerprint density at radius 3 is 2.56 bits per heavy atom. The van der Waals surface area contributed by atoms with E-state index in [4.69, 9.17) is 30.8 Å². The fraction of sp³-hybridized carbons (Fsp3) is 0.250. The number of hydrogen-bond donors (Lipinski definition) is 0. The molecule has 4 rings (SSSR count). The normalized spacial score (nSPS) is 17.5. The van der Waals surface area contributed by atoms with E-state index in [1.54, 1.807) is 21.1 Å². The van der Waals surface area contributed by atoms with Gasteiger partial charge in [-0.3, -0.25) is 0 Å². The van der Waals surface area contributed by atoms with Crippen LogP contribution in [0.1, 0.15) is 31.0 Å². The molecule has 0 aromatic heterocycles. The zero-order valence-electron chi connectivity index (χ0n) is 18.2. The van der Waals surface area contributed by atoms with Crippen LogP contribution in [0.5, 0.6) is 11.5 Å². The van der Waals surface area contributed by atoms with Crippen LogP contribution in [0, 0.1) is 0 Å². The zero-order chi connectivity index (χ0) is 22.8. The fourth-order valence-corrected chi connectivity index (χ4v) is 4.92. The topological polar surface area (TPSA) is 60.4 Å². The van der Waals surface area contributed by atoms with Crippen molar-refractivity contribution in [1.29, 1.82) is 0 Å². The first-order valence-corrected chi connectivity index (χ1v) is 11.3. The van der Waals surface area contributed by atoms with Gasteiger partial charge in [-0.2, -0.15) is 0 Å². The molecule has 0 amide bonds. The summed E-state index contributed by atoms with van der Waals surface area (Å²) in [6.45, 7) is 3.90. The van der Waals surface area contributed by atoms with Crippen molar-refractivity contribution in [2.45, 2.75) is 19.9 Å². The number of nitrogens with zero attached hydrogens (tertiary/aromatic N) is 2. The smallest absolute Gasteiger partial charge is 0.338 e.